The molecular weight excluding hydrogens is 272 g/mol. The average molecular weight is 287 g/mol. The molecule has 2 atom stereocenters. The quantitative estimate of drug-likeness (QED) is 0.915. The maximum atomic E-state index is 9.53. The van der Waals surface area contributed by atoms with Gasteiger partial charge in [0.2, 0.25) is 0 Å². The molecule has 0 aliphatic rings. The molecule has 1 aromatic heterocycles. The van der Waals surface area contributed by atoms with Gasteiger partial charge in [0.05, 0.1) is 22.7 Å². The fourth-order valence-corrected chi connectivity index (χ4v) is 2.59. The molecule has 0 aliphatic heterocycles. The molecule has 0 unspecified atom stereocenters. The van der Waals surface area contributed by atoms with E-state index in [2.05, 4.69) is 11.1 Å². The van der Waals surface area contributed by atoms with Crippen LogP contribution in [-0.4, -0.2) is 16.7 Å². The summed E-state index contributed by atoms with van der Waals surface area (Å²) in [6.07, 6.45) is 2.11. The molecule has 3 nitrogen and oxygen atoms in total. The van der Waals surface area contributed by atoms with E-state index in [0.29, 0.717) is 17.1 Å². The minimum absolute atomic E-state index is 0.0113. The van der Waals surface area contributed by atoms with Gasteiger partial charge in [0.1, 0.15) is 0 Å². The summed E-state index contributed by atoms with van der Waals surface area (Å²) in [6.45, 7) is -0.0113. The predicted molar refractivity (Wildman–Crippen MR) is 78.5 cm³/mol. The third kappa shape index (κ3) is 3.16. The number of benzene rings is 1. The molecule has 0 saturated heterocycles. The maximum Gasteiger partial charge on any atom is 0.0797 e. The van der Waals surface area contributed by atoms with Gasteiger partial charge < -0.3 is 5.11 Å². The van der Waals surface area contributed by atoms with Gasteiger partial charge in [-0.15, -0.1) is 0 Å². The first-order valence-corrected chi connectivity index (χ1v) is 6.81. The van der Waals surface area contributed by atoms with Crippen molar-refractivity contribution in [3.05, 3.63) is 64.9 Å². The van der Waals surface area contributed by atoms with Gasteiger partial charge in [-0.3, -0.25) is 4.98 Å². The second kappa shape index (κ2) is 7.04. The van der Waals surface area contributed by atoms with Crippen LogP contribution in [0.4, 0.5) is 0 Å². The highest BCUT2D eigenvalue weighted by atomic mass is 35.5. The summed E-state index contributed by atoms with van der Waals surface area (Å²) in [5, 5.41) is 19.4. The first kappa shape index (κ1) is 14.5. The minimum atomic E-state index is -0.379. The number of hydrogen-bond donors (Lipinski definition) is 1. The number of nitrogens with zero attached hydrogens (tertiary/aromatic N) is 2. The van der Waals surface area contributed by atoms with Crippen LogP contribution >= 0.6 is 11.6 Å². The molecule has 0 aliphatic carbocycles. The molecule has 20 heavy (non-hydrogen) atoms. The maximum absolute atomic E-state index is 9.53. The van der Waals surface area contributed by atoms with Crippen molar-refractivity contribution >= 4 is 11.6 Å². The SMILES string of the molecule is N#C[C@H](c1ccccc1)[C@@H](CCO)c1ncccc1Cl. The van der Waals surface area contributed by atoms with Gasteiger partial charge in [-0.25, -0.2) is 0 Å². The number of halogens is 1. The Bertz CT molecular complexity index is 595. The molecular formula is C16H15ClN2O. The molecule has 1 heterocycles. The summed E-state index contributed by atoms with van der Waals surface area (Å²) in [5.41, 5.74) is 1.58. The van der Waals surface area contributed by atoms with Crippen LogP contribution in [0, 0.1) is 11.3 Å². The van der Waals surface area contributed by atoms with Crippen molar-refractivity contribution in [1.29, 1.82) is 5.26 Å². The Morgan fingerprint density at radius 3 is 2.55 bits per heavy atom. The fraction of sp³-hybridized carbons (Fsp3) is 0.250. The van der Waals surface area contributed by atoms with Crippen molar-refractivity contribution in [2.75, 3.05) is 6.61 Å². The number of aromatic nitrogens is 1. The third-order valence-electron chi connectivity index (χ3n) is 3.28. The van der Waals surface area contributed by atoms with Crippen LogP contribution < -0.4 is 0 Å². The summed E-state index contributed by atoms with van der Waals surface area (Å²) in [5.74, 6) is -0.600. The van der Waals surface area contributed by atoms with E-state index in [9.17, 15) is 10.4 Å². The Hall–Kier alpha value is -1.89. The molecule has 0 saturated carbocycles. The molecule has 0 amide bonds. The van der Waals surface area contributed by atoms with E-state index in [4.69, 9.17) is 11.6 Å². The van der Waals surface area contributed by atoms with Gasteiger partial charge in [0.15, 0.2) is 0 Å². The Labute approximate surface area is 123 Å². The summed E-state index contributed by atoms with van der Waals surface area (Å²) in [6, 6.07) is 15.4. The van der Waals surface area contributed by atoms with Crippen molar-refractivity contribution in [2.24, 2.45) is 0 Å². The number of hydrogen-bond acceptors (Lipinski definition) is 3. The molecule has 1 aromatic carbocycles. The molecule has 102 valence electrons. The highest BCUT2D eigenvalue weighted by Gasteiger charge is 2.27. The highest BCUT2D eigenvalue weighted by Crippen LogP contribution is 2.36. The molecule has 2 aromatic rings. The monoisotopic (exact) mass is 286 g/mol. The fourth-order valence-electron chi connectivity index (χ4n) is 2.33. The van der Waals surface area contributed by atoms with Crippen LogP contribution in [0.1, 0.15) is 29.5 Å². The topological polar surface area (TPSA) is 56.9 Å². The lowest BCUT2D eigenvalue weighted by atomic mass is 9.82. The number of aliphatic hydroxyl groups is 1. The highest BCUT2D eigenvalue weighted by molar-refractivity contribution is 6.31. The zero-order valence-electron chi connectivity index (χ0n) is 10.9. The van der Waals surface area contributed by atoms with E-state index in [-0.39, 0.29) is 18.4 Å². The van der Waals surface area contributed by atoms with Gasteiger partial charge in [-0.05, 0) is 24.1 Å². The molecule has 0 radical (unpaired) electrons. The zero-order chi connectivity index (χ0) is 14.4. The van der Waals surface area contributed by atoms with E-state index in [1.165, 1.54) is 0 Å². The molecule has 4 heteroatoms. The van der Waals surface area contributed by atoms with Crippen LogP contribution in [0.3, 0.4) is 0 Å². The van der Waals surface area contributed by atoms with Crippen molar-refractivity contribution in [3.63, 3.8) is 0 Å². The smallest absolute Gasteiger partial charge is 0.0797 e. The van der Waals surface area contributed by atoms with Crippen LogP contribution in [0.25, 0.3) is 0 Å². The standard InChI is InChI=1S/C16H15ClN2O/c17-15-7-4-9-19-16(15)13(8-10-20)14(11-18)12-5-2-1-3-6-12/h1-7,9,13-14,20H,8,10H2/t13-,14-/m1/s1. The predicted octanol–water partition coefficient (Wildman–Crippen LogP) is 3.51. The van der Waals surface area contributed by atoms with Crippen molar-refractivity contribution in [1.82, 2.24) is 4.98 Å². The normalized spacial score (nSPS) is 13.4. The van der Waals surface area contributed by atoms with Crippen molar-refractivity contribution < 1.29 is 5.11 Å². The van der Waals surface area contributed by atoms with Crippen molar-refractivity contribution in [3.8, 4) is 6.07 Å². The van der Waals surface area contributed by atoms with Gasteiger partial charge in [0.25, 0.3) is 0 Å². The second-order valence-electron chi connectivity index (χ2n) is 4.51. The van der Waals surface area contributed by atoms with Gasteiger partial charge >= 0.3 is 0 Å². The van der Waals surface area contributed by atoms with E-state index >= 15 is 0 Å². The van der Waals surface area contributed by atoms with Crippen molar-refractivity contribution in [2.45, 2.75) is 18.3 Å². The summed E-state index contributed by atoms with van der Waals surface area (Å²) < 4.78 is 0. The summed E-state index contributed by atoms with van der Waals surface area (Å²) >= 11 is 6.19. The first-order chi connectivity index (χ1) is 9.77. The molecule has 2 rings (SSSR count). The number of nitriles is 1. The van der Waals surface area contributed by atoms with E-state index in [1.807, 2.05) is 30.3 Å². The second-order valence-corrected chi connectivity index (χ2v) is 4.91. The van der Waals surface area contributed by atoms with Crippen LogP contribution in [0.2, 0.25) is 5.02 Å². The lowest BCUT2D eigenvalue weighted by Gasteiger charge is -2.22. The van der Waals surface area contributed by atoms with Crippen LogP contribution in [0.5, 0.6) is 0 Å². The lowest BCUT2D eigenvalue weighted by molar-refractivity contribution is 0.271. The lowest BCUT2D eigenvalue weighted by Crippen LogP contribution is -2.13. The average Bonchev–Trinajstić information content (AvgIpc) is 2.49. The number of pyridine rings is 1. The minimum Gasteiger partial charge on any atom is -0.396 e. The Kier molecular flexibility index (Phi) is 5.11. The zero-order valence-corrected chi connectivity index (χ0v) is 11.7. The van der Waals surface area contributed by atoms with E-state index < -0.39 is 0 Å². The Balaban J connectivity index is 2.42. The molecule has 1 N–H and O–H groups in total. The summed E-state index contributed by atoms with van der Waals surface area (Å²) in [7, 11) is 0. The van der Waals surface area contributed by atoms with Gasteiger partial charge in [-0.1, -0.05) is 41.9 Å². The van der Waals surface area contributed by atoms with E-state index in [0.717, 1.165) is 5.56 Å². The van der Waals surface area contributed by atoms with Gasteiger partial charge in [-0.2, -0.15) is 5.26 Å². The Morgan fingerprint density at radius 1 is 1.20 bits per heavy atom. The Morgan fingerprint density at radius 2 is 1.95 bits per heavy atom. The molecule has 0 fully saturated rings. The third-order valence-corrected chi connectivity index (χ3v) is 3.60. The van der Waals surface area contributed by atoms with Crippen LogP contribution in [0.15, 0.2) is 48.7 Å². The van der Waals surface area contributed by atoms with Crippen LogP contribution in [-0.2, 0) is 0 Å². The summed E-state index contributed by atoms with van der Waals surface area (Å²) in [4.78, 5) is 4.30. The van der Waals surface area contributed by atoms with Gasteiger partial charge in [0, 0.05) is 18.7 Å². The number of rotatable bonds is 5. The molecule has 0 spiro atoms. The number of aliphatic hydroxyl groups excluding tert-OH is 1. The largest absolute Gasteiger partial charge is 0.396 e. The first-order valence-electron chi connectivity index (χ1n) is 6.43. The molecule has 0 bridgehead atoms. The van der Waals surface area contributed by atoms with E-state index in [1.54, 1.807) is 18.3 Å².